The van der Waals surface area contributed by atoms with Gasteiger partial charge < -0.3 is 5.11 Å². The molecule has 0 bridgehead atoms. The molecule has 36 heavy (non-hydrogen) atoms. The van der Waals surface area contributed by atoms with Gasteiger partial charge in [0.1, 0.15) is 0 Å². The summed E-state index contributed by atoms with van der Waals surface area (Å²) in [5, 5.41) is 9.02. The maximum absolute atomic E-state index is 14.1. The summed E-state index contributed by atoms with van der Waals surface area (Å²) in [5.41, 5.74) is 2.64. The molecule has 6 nitrogen and oxygen atoms in total. The molecule has 1 atom stereocenters. The highest BCUT2D eigenvalue weighted by Gasteiger charge is 2.53. The largest absolute Gasteiger partial charge is 0.481 e. The molecule has 9 heteroatoms. The molecule has 1 unspecified atom stereocenters. The van der Waals surface area contributed by atoms with Gasteiger partial charge in [0.25, 0.3) is 0 Å². The summed E-state index contributed by atoms with van der Waals surface area (Å²) in [6, 6.07) is 11.3. The van der Waals surface area contributed by atoms with Gasteiger partial charge in [-0.25, -0.2) is 4.79 Å². The van der Waals surface area contributed by atoms with Crippen molar-refractivity contribution in [2.45, 2.75) is 56.8 Å². The molecule has 2 heterocycles. The number of aliphatic carboxylic acids is 1. The Morgan fingerprint density at radius 3 is 2.28 bits per heavy atom. The second-order valence-electron chi connectivity index (χ2n) is 10.1. The smallest absolute Gasteiger partial charge is 0.411 e. The van der Waals surface area contributed by atoms with Gasteiger partial charge in [0.2, 0.25) is 0 Å². The molecule has 2 aromatic carbocycles. The van der Waals surface area contributed by atoms with E-state index in [1.807, 2.05) is 23.1 Å². The molecule has 3 fully saturated rings. The van der Waals surface area contributed by atoms with Crippen LogP contribution in [-0.2, 0) is 11.3 Å². The van der Waals surface area contributed by atoms with Crippen LogP contribution in [0.25, 0.3) is 0 Å². The lowest BCUT2D eigenvalue weighted by atomic mass is 9.84. The lowest BCUT2D eigenvalue weighted by Gasteiger charge is -2.36. The fourth-order valence-corrected chi connectivity index (χ4v) is 5.61. The van der Waals surface area contributed by atoms with Crippen molar-refractivity contribution < 1.29 is 27.9 Å². The Bertz CT molecular complexity index is 1110. The molecule has 2 aromatic rings. The average molecular weight is 502 g/mol. The van der Waals surface area contributed by atoms with Gasteiger partial charge in [-0.05, 0) is 54.2 Å². The maximum Gasteiger partial charge on any atom is 0.411 e. The Kier molecular flexibility index (Phi) is 6.68. The molecule has 192 valence electrons. The zero-order chi connectivity index (χ0) is 25.4. The number of amides is 2. The van der Waals surface area contributed by atoms with Crippen LogP contribution in [0, 0.1) is 5.92 Å². The van der Waals surface area contributed by atoms with Crippen molar-refractivity contribution in [3.63, 3.8) is 0 Å². The summed E-state index contributed by atoms with van der Waals surface area (Å²) in [7, 11) is 0. The van der Waals surface area contributed by atoms with Crippen LogP contribution in [0.3, 0.4) is 0 Å². The number of hydrogen-bond donors (Lipinski definition) is 1. The molecule has 3 aliphatic rings. The highest BCUT2D eigenvalue weighted by molar-refractivity contribution is 6.07. The summed E-state index contributed by atoms with van der Waals surface area (Å²) in [4.78, 5) is 28.4. The summed E-state index contributed by atoms with van der Waals surface area (Å²) < 4.78 is 42.2. The summed E-state index contributed by atoms with van der Waals surface area (Å²) in [5.74, 6) is -0.807. The van der Waals surface area contributed by atoms with Crippen molar-refractivity contribution in [3.8, 4) is 0 Å². The fraction of sp³-hybridized carbons (Fsp3) is 0.481. The van der Waals surface area contributed by atoms with Crippen LogP contribution in [0.2, 0.25) is 0 Å². The van der Waals surface area contributed by atoms with Crippen molar-refractivity contribution in [3.05, 3.63) is 59.7 Å². The molecule has 1 N–H and O–H groups in total. The first-order valence-electron chi connectivity index (χ1n) is 12.5. The van der Waals surface area contributed by atoms with E-state index in [-0.39, 0.29) is 11.6 Å². The van der Waals surface area contributed by atoms with E-state index in [1.54, 1.807) is 30.3 Å². The van der Waals surface area contributed by atoms with Gasteiger partial charge in [-0.2, -0.15) is 13.2 Å². The number of carboxylic acids is 1. The summed E-state index contributed by atoms with van der Waals surface area (Å²) in [6.07, 6.45) is 1.06. The number of rotatable bonds is 6. The lowest BCUT2D eigenvalue weighted by Crippen LogP contribution is -2.49. The number of carbonyl (C=O) groups excluding carboxylic acids is 1. The topological polar surface area (TPSA) is 64.1 Å². The fourth-order valence-electron chi connectivity index (χ4n) is 5.61. The molecule has 1 aliphatic carbocycles. The zero-order valence-corrected chi connectivity index (χ0v) is 20.0. The van der Waals surface area contributed by atoms with Gasteiger partial charge in [-0.3, -0.25) is 19.5 Å². The van der Waals surface area contributed by atoms with Crippen LogP contribution < -0.4 is 9.80 Å². The number of hydrogen-bond acceptors (Lipinski definition) is 3. The van der Waals surface area contributed by atoms with E-state index in [1.165, 1.54) is 11.3 Å². The average Bonchev–Trinajstić information content (AvgIpc) is 3.19. The Hall–Kier alpha value is -3.07. The van der Waals surface area contributed by atoms with Gasteiger partial charge in [-0.15, -0.1) is 0 Å². The molecule has 0 radical (unpaired) electrons. The van der Waals surface area contributed by atoms with Crippen molar-refractivity contribution >= 4 is 23.4 Å². The molecule has 5 rings (SSSR count). The molecule has 1 saturated carbocycles. The third-order valence-electron chi connectivity index (χ3n) is 7.67. The van der Waals surface area contributed by atoms with Gasteiger partial charge in [0.05, 0.1) is 12.5 Å². The monoisotopic (exact) mass is 501 g/mol. The van der Waals surface area contributed by atoms with Crippen LogP contribution in [0.15, 0.2) is 48.5 Å². The molecule has 0 spiro atoms. The molecular weight excluding hydrogens is 471 g/mol. The predicted octanol–water partition coefficient (Wildman–Crippen LogP) is 5.63. The van der Waals surface area contributed by atoms with Crippen LogP contribution >= 0.6 is 0 Å². The van der Waals surface area contributed by atoms with Crippen molar-refractivity contribution in [2.75, 3.05) is 29.4 Å². The van der Waals surface area contributed by atoms with Crippen LogP contribution in [0.5, 0.6) is 0 Å². The Morgan fingerprint density at radius 1 is 0.944 bits per heavy atom. The predicted molar refractivity (Wildman–Crippen MR) is 130 cm³/mol. The number of benzene rings is 2. The van der Waals surface area contributed by atoms with Crippen molar-refractivity contribution in [1.29, 1.82) is 0 Å². The van der Waals surface area contributed by atoms with Gasteiger partial charge >= 0.3 is 18.2 Å². The minimum Gasteiger partial charge on any atom is -0.481 e. The van der Waals surface area contributed by atoms with E-state index in [2.05, 4.69) is 0 Å². The minimum atomic E-state index is -4.58. The van der Waals surface area contributed by atoms with E-state index >= 15 is 0 Å². The SMILES string of the molecule is O=C(O)C1CN(Cc2ccc(N3C(=O)N(c4cccc(C5CCCCC5)c4)CC3C(F)(F)F)cc2)C1. The zero-order valence-electron chi connectivity index (χ0n) is 20.0. The number of alkyl halides is 3. The third-order valence-corrected chi connectivity index (χ3v) is 7.67. The minimum absolute atomic E-state index is 0.198. The second-order valence-corrected chi connectivity index (χ2v) is 10.1. The molecule has 2 aliphatic heterocycles. The van der Waals surface area contributed by atoms with Gasteiger partial charge in [0, 0.05) is 31.0 Å². The third kappa shape index (κ3) is 4.93. The Morgan fingerprint density at radius 2 is 1.64 bits per heavy atom. The van der Waals surface area contributed by atoms with E-state index in [9.17, 15) is 22.8 Å². The Balaban J connectivity index is 1.34. The van der Waals surface area contributed by atoms with E-state index in [0.717, 1.165) is 41.7 Å². The van der Waals surface area contributed by atoms with Crippen LogP contribution in [-0.4, -0.2) is 53.9 Å². The molecular formula is C27H30F3N3O3. The number of anilines is 2. The molecule has 2 amide bonds. The van der Waals surface area contributed by atoms with Crippen molar-refractivity contribution in [2.24, 2.45) is 5.92 Å². The first kappa shape index (κ1) is 24.6. The highest BCUT2D eigenvalue weighted by Crippen LogP contribution is 2.39. The number of urea groups is 1. The normalized spacial score (nSPS) is 22.2. The van der Waals surface area contributed by atoms with E-state index in [4.69, 9.17) is 5.11 Å². The standard InChI is InChI=1S/C27H30F3N3O3/c28-27(29,30)24-17-32(23-8-4-7-20(13-23)19-5-2-1-3-6-19)26(36)33(24)22-11-9-18(10-12-22)14-31-15-21(16-31)25(34)35/h4,7-13,19,21,24H,1-3,5-6,14-17H2,(H,34,35). The summed E-state index contributed by atoms with van der Waals surface area (Å²) >= 11 is 0. The van der Waals surface area contributed by atoms with Crippen LogP contribution in [0.4, 0.5) is 29.3 Å². The number of halogens is 3. The second kappa shape index (κ2) is 9.76. The first-order chi connectivity index (χ1) is 17.2. The van der Waals surface area contributed by atoms with E-state index < -0.39 is 30.8 Å². The molecule has 0 aromatic heterocycles. The highest BCUT2D eigenvalue weighted by atomic mass is 19.4. The summed E-state index contributed by atoms with van der Waals surface area (Å²) in [6.45, 7) is 0.961. The number of likely N-dealkylation sites (tertiary alicyclic amines) is 1. The van der Waals surface area contributed by atoms with Crippen molar-refractivity contribution in [1.82, 2.24) is 4.90 Å². The number of nitrogens with zero attached hydrogens (tertiary/aromatic N) is 3. The first-order valence-corrected chi connectivity index (χ1v) is 12.5. The molecule has 2 saturated heterocycles. The van der Waals surface area contributed by atoms with Gasteiger partial charge in [-0.1, -0.05) is 43.5 Å². The maximum atomic E-state index is 14.1. The van der Waals surface area contributed by atoms with E-state index in [0.29, 0.717) is 31.2 Å². The van der Waals surface area contributed by atoms with Crippen LogP contribution in [0.1, 0.15) is 49.1 Å². The number of carboxylic acid groups (broad SMARTS) is 1. The van der Waals surface area contributed by atoms with Gasteiger partial charge in [0.15, 0.2) is 6.04 Å². The Labute approximate surface area is 208 Å². The number of carbonyl (C=O) groups is 2. The lowest BCUT2D eigenvalue weighted by molar-refractivity contribution is -0.147. The quantitative estimate of drug-likeness (QED) is 0.558.